The van der Waals surface area contributed by atoms with Crippen molar-refractivity contribution in [2.45, 2.75) is 38.6 Å². The molecule has 16 heavy (non-hydrogen) atoms. The maximum Gasteiger partial charge on any atom is 0.130 e. The maximum atomic E-state index is 13.9. The Morgan fingerprint density at radius 2 is 2.25 bits per heavy atom. The second kappa shape index (κ2) is 4.93. The Hall–Kier alpha value is -0.930. The molecule has 1 aromatic rings. The van der Waals surface area contributed by atoms with Crippen LogP contribution >= 0.6 is 0 Å². The van der Waals surface area contributed by atoms with Gasteiger partial charge in [0.1, 0.15) is 5.82 Å². The molecule has 1 aliphatic carbocycles. The van der Waals surface area contributed by atoms with Crippen molar-refractivity contribution in [2.24, 2.45) is 11.8 Å². The van der Waals surface area contributed by atoms with Gasteiger partial charge in [0.25, 0.3) is 0 Å². The van der Waals surface area contributed by atoms with E-state index >= 15 is 0 Å². The highest BCUT2D eigenvalue weighted by atomic mass is 19.1. The minimum absolute atomic E-state index is 0.0551. The SMILES string of the molecule is Cc1cccc(C(CCC2CC2)NN)c1F. The third-order valence-electron chi connectivity index (χ3n) is 3.36. The number of nitrogens with one attached hydrogen (secondary N) is 1. The Kier molecular flexibility index (Phi) is 3.56. The van der Waals surface area contributed by atoms with E-state index in [1.54, 1.807) is 13.0 Å². The number of hydrogen-bond donors (Lipinski definition) is 2. The monoisotopic (exact) mass is 222 g/mol. The van der Waals surface area contributed by atoms with Crippen LogP contribution in [-0.4, -0.2) is 0 Å². The molecule has 0 spiro atoms. The molecule has 2 rings (SSSR count). The average Bonchev–Trinajstić information content (AvgIpc) is 3.08. The molecule has 1 unspecified atom stereocenters. The number of benzene rings is 1. The number of nitrogens with two attached hydrogens (primary N) is 1. The highest BCUT2D eigenvalue weighted by Gasteiger charge is 2.23. The molecule has 1 aliphatic rings. The highest BCUT2D eigenvalue weighted by Crippen LogP contribution is 2.36. The zero-order chi connectivity index (χ0) is 11.5. The summed E-state index contributed by atoms with van der Waals surface area (Å²) in [6.45, 7) is 1.79. The molecule has 0 bridgehead atoms. The van der Waals surface area contributed by atoms with Crippen LogP contribution in [0.4, 0.5) is 4.39 Å². The molecular formula is C13H19FN2. The summed E-state index contributed by atoms with van der Waals surface area (Å²) in [6.07, 6.45) is 4.71. The van der Waals surface area contributed by atoms with Crippen LogP contribution in [-0.2, 0) is 0 Å². The van der Waals surface area contributed by atoms with E-state index in [-0.39, 0.29) is 11.9 Å². The number of hydrogen-bond acceptors (Lipinski definition) is 2. The Bertz CT molecular complexity index is 361. The first-order chi connectivity index (χ1) is 7.72. The minimum Gasteiger partial charge on any atom is -0.271 e. The topological polar surface area (TPSA) is 38.0 Å². The van der Waals surface area contributed by atoms with Crippen molar-refractivity contribution >= 4 is 0 Å². The van der Waals surface area contributed by atoms with E-state index in [1.165, 1.54) is 12.8 Å². The second-order valence-electron chi connectivity index (χ2n) is 4.72. The summed E-state index contributed by atoms with van der Waals surface area (Å²) in [6, 6.07) is 5.43. The van der Waals surface area contributed by atoms with E-state index in [1.807, 2.05) is 12.1 Å². The largest absolute Gasteiger partial charge is 0.271 e. The lowest BCUT2D eigenvalue weighted by atomic mass is 9.99. The van der Waals surface area contributed by atoms with E-state index in [2.05, 4.69) is 5.43 Å². The van der Waals surface area contributed by atoms with Gasteiger partial charge in [0.15, 0.2) is 0 Å². The maximum absolute atomic E-state index is 13.9. The van der Waals surface area contributed by atoms with Gasteiger partial charge < -0.3 is 0 Å². The Balaban J connectivity index is 2.08. The zero-order valence-electron chi connectivity index (χ0n) is 9.67. The first-order valence-corrected chi connectivity index (χ1v) is 5.93. The summed E-state index contributed by atoms with van der Waals surface area (Å²) in [5.74, 6) is 6.24. The van der Waals surface area contributed by atoms with Gasteiger partial charge in [0.05, 0.1) is 0 Å². The number of hydrazine groups is 1. The van der Waals surface area contributed by atoms with Crippen LogP contribution in [0.25, 0.3) is 0 Å². The molecule has 0 aromatic heterocycles. The van der Waals surface area contributed by atoms with Gasteiger partial charge in [0, 0.05) is 11.6 Å². The van der Waals surface area contributed by atoms with Crippen molar-refractivity contribution in [3.63, 3.8) is 0 Å². The highest BCUT2D eigenvalue weighted by molar-refractivity contribution is 5.27. The molecule has 3 N–H and O–H groups in total. The lowest BCUT2D eigenvalue weighted by Crippen LogP contribution is -2.29. The van der Waals surface area contributed by atoms with Crippen LogP contribution in [0.3, 0.4) is 0 Å². The molecule has 0 saturated heterocycles. The summed E-state index contributed by atoms with van der Waals surface area (Å²) in [7, 11) is 0. The standard InChI is InChI=1S/C13H19FN2/c1-9-3-2-4-11(13(9)14)12(16-15)8-7-10-5-6-10/h2-4,10,12,16H,5-8,15H2,1H3. The zero-order valence-corrected chi connectivity index (χ0v) is 9.67. The van der Waals surface area contributed by atoms with Crippen LogP contribution in [0, 0.1) is 18.7 Å². The van der Waals surface area contributed by atoms with E-state index in [9.17, 15) is 4.39 Å². The van der Waals surface area contributed by atoms with E-state index in [0.29, 0.717) is 11.1 Å². The van der Waals surface area contributed by atoms with Gasteiger partial charge >= 0.3 is 0 Å². The Morgan fingerprint density at radius 1 is 1.50 bits per heavy atom. The molecule has 0 radical (unpaired) electrons. The predicted octanol–water partition coefficient (Wildman–Crippen LogP) is 2.83. The van der Waals surface area contributed by atoms with E-state index in [4.69, 9.17) is 5.84 Å². The molecule has 1 fully saturated rings. The summed E-state index contributed by atoms with van der Waals surface area (Å²) in [5.41, 5.74) is 4.11. The van der Waals surface area contributed by atoms with E-state index in [0.717, 1.165) is 18.8 Å². The molecule has 1 aromatic carbocycles. The lowest BCUT2D eigenvalue weighted by Gasteiger charge is -2.17. The molecule has 0 aliphatic heterocycles. The lowest BCUT2D eigenvalue weighted by molar-refractivity contribution is 0.458. The third kappa shape index (κ3) is 2.60. The summed E-state index contributed by atoms with van der Waals surface area (Å²) < 4.78 is 13.9. The van der Waals surface area contributed by atoms with Crippen LogP contribution in [0.5, 0.6) is 0 Å². The number of rotatable bonds is 5. The molecular weight excluding hydrogens is 203 g/mol. The summed E-state index contributed by atoms with van der Waals surface area (Å²) in [4.78, 5) is 0. The van der Waals surface area contributed by atoms with Gasteiger partial charge in [0.2, 0.25) is 0 Å². The third-order valence-corrected chi connectivity index (χ3v) is 3.36. The summed E-state index contributed by atoms with van der Waals surface area (Å²) in [5, 5.41) is 0. The fraction of sp³-hybridized carbons (Fsp3) is 0.538. The molecule has 88 valence electrons. The first kappa shape index (κ1) is 11.6. The second-order valence-corrected chi connectivity index (χ2v) is 4.72. The van der Waals surface area contributed by atoms with Gasteiger partial charge in [-0.2, -0.15) is 0 Å². The smallest absolute Gasteiger partial charge is 0.130 e. The van der Waals surface area contributed by atoms with Crippen LogP contribution in [0.15, 0.2) is 18.2 Å². The summed E-state index contributed by atoms with van der Waals surface area (Å²) >= 11 is 0. The molecule has 3 heteroatoms. The first-order valence-electron chi connectivity index (χ1n) is 5.93. The molecule has 2 nitrogen and oxygen atoms in total. The van der Waals surface area contributed by atoms with Crippen molar-refractivity contribution in [1.82, 2.24) is 5.43 Å². The van der Waals surface area contributed by atoms with Crippen molar-refractivity contribution in [2.75, 3.05) is 0 Å². The van der Waals surface area contributed by atoms with Crippen LogP contribution in [0.1, 0.15) is 42.9 Å². The fourth-order valence-electron chi connectivity index (χ4n) is 2.08. The van der Waals surface area contributed by atoms with Crippen molar-refractivity contribution in [3.8, 4) is 0 Å². The van der Waals surface area contributed by atoms with Gasteiger partial charge in [-0.25, -0.2) is 4.39 Å². The van der Waals surface area contributed by atoms with Crippen LogP contribution < -0.4 is 11.3 Å². The van der Waals surface area contributed by atoms with Gasteiger partial charge in [-0.05, 0) is 31.2 Å². The van der Waals surface area contributed by atoms with Gasteiger partial charge in [-0.15, -0.1) is 0 Å². The average molecular weight is 222 g/mol. The quantitative estimate of drug-likeness (QED) is 0.594. The normalized spacial score (nSPS) is 17.4. The Labute approximate surface area is 96.0 Å². The van der Waals surface area contributed by atoms with Crippen LogP contribution in [0.2, 0.25) is 0 Å². The molecule has 1 atom stereocenters. The fourth-order valence-corrected chi connectivity index (χ4v) is 2.08. The van der Waals surface area contributed by atoms with Crippen molar-refractivity contribution < 1.29 is 4.39 Å². The Morgan fingerprint density at radius 3 is 2.88 bits per heavy atom. The van der Waals surface area contributed by atoms with Gasteiger partial charge in [-0.3, -0.25) is 11.3 Å². The predicted molar refractivity (Wildman–Crippen MR) is 63.2 cm³/mol. The van der Waals surface area contributed by atoms with Crippen molar-refractivity contribution in [3.05, 3.63) is 35.1 Å². The molecule has 0 amide bonds. The minimum atomic E-state index is -0.124. The molecule has 0 heterocycles. The number of halogens is 1. The van der Waals surface area contributed by atoms with E-state index < -0.39 is 0 Å². The van der Waals surface area contributed by atoms with Crippen molar-refractivity contribution in [1.29, 1.82) is 0 Å². The van der Waals surface area contributed by atoms with Gasteiger partial charge in [-0.1, -0.05) is 31.0 Å². The molecule has 1 saturated carbocycles. The number of aryl methyl sites for hydroxylation is 1.